The first-order valence-electron chi connectivity index (χ1n) is 6.22. The first kappa shape index (κ1) is 13.3. The van der Waals surface area contributed by atoms with Gasteiger partial charge in [-0.15, -0.1) is 0 Å². The molecule has 1 aliphatic heterocycles. The molecule has 0 atom stereocenters. The smallest absolute Gasteiger partial charge is 0.259 e. The summed E-state index contributed by atoms with van der Waals surface area (Å²) in [5.41, 5.74) is 8.60. The maximum atomic E-state index is 12.7. The molecule has 0 spiro atoms. The molecular weight excluding hydrogens is 295 g/mol. The molecule has 5 heteroatoms. The van der Waals surface area contributed by atoms with Gasteiger partial charge in [-0.2, -0.15) is 0 Å². The molecule has 2 aromatic carbocycles. The summed E-state index contributed by atoms with van der Waals surface area (Å²) < 4.78 is 0. The van der Waals surface area contributed by atoms with Crippen LogP contribution in [0.15, 0.2) is 36.4 Å². The number of benzene rings is 2. The summed E-state index contributed by atoms with van der Waals surface area (Å²) in [6.45, 7) is 0.640. The van der Waals surface area contributed by atoms with Gasteiger partial charge in [-0.05, 0) is 30.2 Å². The summed E-state index contributed by atoms with van der Waals surface area (Å²) in [5, 5.41) is 0.540. The van der Waals surface area contributed by atoms with Crippen molar-refractivity contribution in [1.82, 2.24) is 0 Å². The van der Waals surface area contributed by atoms with Crippen LogP contribution in [0.5, 0.6) is 0 Å². The average Bonchev–Trinajstić information content (AvgIpc) is 2.86. The van der Waals surface area contributed by atoms with E-state index in [0.29, 0.717) is 22.8 Å². The Bertz CT molecular complexity index is 700. The predicted molar refractivity (Wildman–Crippen MR) is 82.7 cm³/mol. The van der Waals surface area contributed by atoms with Crippen LogP contribution in [0, 0.1) is 0 Å². The summed E-state index contributed by atoms with van der Waals surface area (Å²) in [6, 6.07) is 10.9. The van der Waals surface area contributed by atoms with E-state index in [9.17, 15) is 4.79 Å². The first-order valence-corrected chi connectivity index (χ1v) is 6.98. The van der Waals surface area contributed by atoms with Gasteiger partial charge in [-0.3, -0.25) is 4.79 Å². The molecule has 102 valence electrons. The van der Waals surface area contributed by atoms with Crippen molar-refractivity contribution in [1.29, 1.82) is 0 Å². The molecule has 1 aliphatic rings. The van der Waals surface area contributed by atoms with Gasteiger partial charge in [0.1, 0.15) is 0 Å². The van der Waals surface area contributed by atoms with Crippen LogP contribution in [-0.4, -0.2) is 12.5 Å². The van der Waals surface area contributed by atoms with Crippen LogP contribution in [0.4, 0.5) is 11.4 Å². The van der Waals surface area contributed by atoms with Gasteiger partial charge in [0.25, 0.3) is 5.91 Å². The summed E-state index contributed by atoms with van der Waals surface area (Å²) in [5.74, 6) is -0.172. The third-order valence-electron chi connectivity index (χ3n) is 3.41. The fraction of sp³-hybridized carbons (Fsp3) is 0.133. The van der Waals surface area contributed by atoms with Crippen LogP contribution in [0.1, 0.15) is 15.9 Å². The third-order valence-corrected chi connectivity index (χ3v) is 4.22. The number of carbonyl (C=O) groups is 1. The number of nitrogens with two attached hydrogens (primary N) is 1. The van der Waals surface area contributed by atoms with Gasteiger partial charge in [0.15, 0.2) is 0 Å². The Balaban J connectivity index is 2.03. The van der Waals surface area contributed by atoms with Crippen molar-refractivity contribution in [3.05, 3.63) is 57.6 Å². The van der Waals surface area contributed by atoms with Crippen molar-refractivity contribution < 1.29 is 4.79 Å². The minimum Gasteiger partial charge on any atom is -0.399 e. The lowest BCUT2D eigenvalue weighted by molar-refractivity contribution is 0.0989. The van der Waals surface area contributed by atoms with E-state index in [0.717, 1.165) is 17.7 Å². The Hall–Kier alpha value is -1.71. The summed E-state index contributed by atoms with van der Waals surface area (Å²) in [7, 11) is 0. The Labute approximate surface area is 126 Å². The molecule has 3 nitrogen and oxygen atoms in total. The molecule has 0 fully saturated rings. The number of amides is 1. The molecule has 0 radical (unpaired) electrons. The molecule has 0 aromatic heterocycles. The lowest BCUT2D eigenvalue weighted by Gasteiger charge is -2.18. The second-order valence-corrected chi connectivity index (χ2v) is 5.48. The standard InChI is InChI=1S/C15H12Cl2N2O/c16-12-8-10(18)7-11(14(12)17)15(20)19-6-5-9-3-1-2-4-13(9)19/h1-4,7-8H,5-6,18H2. The molecule has 0 aliphatic carbocycles. The molecule has 0 unspecified atom stereocenters. The Kier molecular flexibility index (Phi) is 3.32. The Morgan fingerprint density at radius 1 is 1.20 bits per heavy atom. The van der Waals surface area contributed by atoms with Crippen LogP contribution >= 0.6 is 23.2 Å². The van der Waals surface area contributed by atoms with E-state index in [-0.39, 0.29) is 10.9 Å². The zero-order valence-corrected chi connectivity index (χ0v) is 12.1. The van der Waals surface area contributed by atoms with Crippen LogP contribution in [0.2, 0.25) is 10.0 Å². The molecule has 0 bridgehead atoms. The highest BCUT2D eigenvalue weighted by molar-refractivity contribution is 6.44. The first-order chi connectivity index (χ1) is 9.58. The van der Waals surface area contributed by atoms with E-state index in [2.05, 4.69) is 0 Å². The van der Waals surface area contributed by atoms with Crippen LogP contribution < -0.4 is 10.6 Å². The van der Waals surface area contributed by atoms with Gasteiger partial charge in [0.05, 0.1) is 15.6 Å². The van der Waals surface area contributed by atoms with Crippen LogP contribution in [0.3, 0.4) is 0 Å². The van der Waals surface area contributed by atoms with Gasteiger partial charge in [0.2, 0.25) is 0 Å². The Morgan fingerprint density at radius 3 is 2.75 bits per heavy atom. The molecular formula is C15H12Cl2N2O. The van der Waals surface area contributed by atoms with Gasteiger partial charge < -0.3 is 10.6 Å². The number of halogens is 2. The molecule has 1 heterocycles. The minimum atomic E-state index is -0.172. The van der Waals surface area contributed by atoms with E-state index < -0.39 is 0 Å². The largest absolute Gasteiger partial charge is 0.399 e. The van der Waals surface area contributed by atoms with E-state index >= 15 is 0 Å². The van der Waals surface area contributed by atoms with Crippen molar-refractivity contribution in [2.24, 2.45) is 0 Å². The summed E-state index contributed by atoms with van der Waals surface area (Å²) in [6.07, 6.45) is 0.843. The van der Waals surface area contributed by atoms with Gasteiger partial charge in [-0.25, -0.2) is 0 Å². The number of para-hydroxylation sites is 1. The molecule has 0 saturated heterocycles. The number of carbonyl (C=O) groups excluding carboxylic acids is 1. The number of hydrogen-bond donors (Lipinski definition) is 1. The van der Waals surface area contributed by atoms with E-state index in [1.165, 1.54) is 0 Å². The van der Waals surface area contributed by atoms with Gasteiger partial charge >= 0.3 is 0 Å². The number of hydrogen-bond acceptors (Lipinski definition) is 2. The summed E-state index contributed by atoms with van der Waals surface area (Å²) >= 11 is 12.1. The number of fused-ring (bicyclic) bond motifs is 1. The molecule has 3 rings (SSSR count). The molecule has 1 amide bonds. The van der Waals surface area contributed by atoms with Gasteiger partial charge in [-0.1, -0.05) is 41.4 Å². The highest BCUT2D eigenvalue weighted by Gasteiger charge is 2.27. The van der Waals surface area contributed by atoms with E-state index in [4.69, 9.17) is 28.9 Å². The van der Waals surface area contributed by atoms with Crippen molar-refractivity contribution in [3.63, 3.8) is 0 Å². The van der Waals surface area contributed by atoms with Crippen molar-refractivity contribution in [2.45, 2.75) is 6.42 Å². The number of nitrogen functional groups attached to an aromatic ring is 1. The minimum absolute atomic E-state index is 0.172. The number of nitrogens with zero attached hydrogens (tertiary/aromatic N) is 1. The number of anilines is 2. The Morgan fingerprint density at radius 2 is 1.95 bits per heavy atom. The van der Waals surface area contributed by atoms with Crippen LogP contribution in [0.25, 0.3) is 0 Å². The zero-order valence-electron chi connectivity index (χ0n) is 10.6. The quantitative estimate of drug-likeness (QED) is 0.815. The third kappa shape index (κ3) is 2.13. The van der Waals surface area contributed by atoms with Crippen molar-refractivity contribution in [3.8, 4) is 0 Å². The van der Waals surface area contributed by atoms with Crippen LogP contribution in [-0.2, 0) is 6.42 Å². The highest BCUT2D eigenvalue weighted by atomic mass is 35.5. The molecule has 2 N–H and O–H groups in total. The summed E-state index contributed by atoms with van der Waals surface area (Å²) in [4.78, 5) is 14.4. The molecule has 0 saturated carbocycles. The second-order valence-electron chi connectivity index (χ2n) is 4.70. The maximum Gasteiger partial charge on any atom is 0.259 e. The van der Waals surface area contributed by atoms with Crippen molar-refractivity contribution >= 4 is 40.5 Å². The second kappa shape index (κ2) is 5.00. The van der Waals surface area contributed by atoms with Gasteiger partial charge in [0, 0.05) is 17.9 Å². The monoisotopic (exact) mass is 306 g/mol. The topological polar surface area (TPSA) is 46.3 Å². The fourth-order valence-corrected chi connectivity index (χ4v) is 2.88. The SMILES string of the molecule is Nc1cc(Cl)c(Cl)c(C(=O)N2CCc3ccccc32)c1. The maximum absolute atomic E-state index is 12.7. The molecule has 2 aromatic rings. The lowest BCUT2D eigenvalue weighted by atomic mass is 10.1. The fourth-order valence-electron chi connectivity index (χ4n) is 2.46. The lowest BCUT2D eigenvalue weighted by Crippen LogP contribution is -2.29. The van der Waals surface area contributed by atoms with Crippen molar-refractivity contribution in [2.75, 3.05) is 17.2 Å². The van der Waals surface area contributed by atoms with E-state index in [1.54, 1.807) is 17.0 Å². The molecule has 20 heavy (non-hydrogen) atoms. The highest BCUT2D eigenvalue weighted by Crippen LogP contribution is 2.33. The average molecular weight is 307 g/mol. The number of rotatable bonds is 1. The normalized spacial score (nSPS) is 13.4. The van der Waals surface area contributed by atoms with E-state index in [1.807, 2.05) is 24.3 Å². The predicted octanol–water partition coefficient (Wildman–Crippen LogP) is 3.78. The zero-order chi connectivity index (χ0) is 14.3.